The van der Waals surface area contributed by atoms with Crippen LogP contribution in [0.15, 0.2) is 30.3 Å². The third-order valence-electron chi connectivity index (χ3n) is 4.45. The molecule has 0 aromatic heterocycles. The monoisotopic (exact) mass is 482 g/mol. The molecule has 2 aliphatic rings. The molecular formula is C20H29F3N2O6S. The Morgan fingerprint density at radius 1 is 1.25 bits per heavy atom. The molecule has 182 valence electrons. The molecule has 0 saturated carbocycles. The Labute approximate surface area is 189 Å². The van der Waals surface area contributed by atoms with Crippen molar-refractivity contribution in [3.63, 3.8) is 0 Å². The van der Waals surface area contributed by atoms with Gasteiger partial charge in [-0.1, -0.05) is 23.9 Å². The van der Waals surface area contributed by atoms with Crippen LogP contribution in [0.2, 0.25) is 0 Å². The van der Waals surface area contributed by atoms with Crippen LogP contribution in [0.3, 0.4) is 0 Å². The summed E-state index contributed by atoms with van der Waals surface area (Å²) >= 11 is 0.945. The fraction of sp³-hybridized carbons (Fsp3) is 0.700. The first-order valence-corrected chi connectivity index (χ1v) is 10.7. The summed E-state index contributed by atoms with van der Waals surface area (Å²) in [6.45, 7) is 12.1. The molecule has 6 atom stereocenters. The number of aliphatic imine (C=N–C) groups is 1. The summed E-state index contributed by atoms with van der Waals surface area (Å²) in [5.74, 6) is 0. The highest BCUT2D eigenvalue weighted by Crippen LogP contribution is 2.42. The molecule has 1 fully saturated rings. The van der Waals surface area contributed by atoms with Crippen molar-refractivity contribution in [2.45, 2.75) is 68.4 Å². The largest absolute Gasteiger partial charge is 0.443 e. The van der Waals surface area contributed by atoms with Crippen molar-refractivity contribution in [2.24, 2.45) is 4.99 Å². The van der Waals surface area contributed by atoms with Crippen LogP contribution in [-0.4, -0.2) is 89.2 Å². The van der Waals surface area contributed by atoms with Crippen molar-refractivity contribution in [1.82, 2.24) is 4.90 Å². The van der Waals surface area contributed by atoms with Crippen molar-refractivity contribution in [2.75, 3.05) is 20.3 Å². The van der Waals surface area contributed by atoms with Crippen LogP contribution in [-0.2, 0) is 18.9 Å². The summed E-state index contributed by atoms with van der Waals surface area (Å²) < 4.78 is 62.3. The maximum atomic E-state index is 13.4. The molecule has 32 heavy (non-hydrogen) atoms. The summed E-state index contributed by atoms with van der Waals surface area (Å²) in [6.07, 6.45) is -9.74. The van der Waals surface area contributed by atoms with Crippen LogP contribution in [0.25, 0.3) is 0 Å². The molecule has 0 spiro atoms. The number of carbonyl (C=O) groups is 1. The Hall–Kier alpha value is -1.60. The number of nitrogens with zero attached hydrogens (tertiary/aromatic N) is 2. The number of aliphatic hydroxyl groups excluding tert-OH is 1. The predicted octanol–water partition coefficient (Wildman–Crippen LogP) is 3.12. The van der Waals surface area contributed by atoms with Gasteiger partial charge in [0.2, 0.25) is 0 Å². The van der Waals surface area contributed by atoms with E-state index in [1.54, 1.807) is 20.8 Å². The summed E-state index contributed by atoms with van der Waals surface area (Å²) in [5.41, 5.74) is -1.70. The SMILES string of the molecule is C=CCO[C@H]1[C@H](OCC=C)[C@H]2N=C(N(C)C(=O)OC(C)(C)C)S[C@H]2O[C@@H]1[C@@H](O)C(F)(F)F. The van der Waals surface area contributed by atoms with E-state index in [0.29, 0.717) is 0 Å². The number of thioether (sulfide) groups is 1. The van der Waals surface area contributed by atoms with Crippen molar-refractivity contribution >= 4 is 23.0 Å². The number of aliphatic hydroxyl groups is 1. The second-order valence-electron chi connectivity index (χ2n) is 8.19. The molecule has 0 radical (unpaired) electrons. The van der Waals surface area contributed by atoms with Gasteiger partial charge in [0.1, 0.15) is 35.4 Å². The molecule has 0 aromatic rings. The molecule has 2 heterocycles. The summed E-state index contributed by atoms with van der Waals surface area (Å²) in [6, 6.07) is -0.800. The number of halogens is 3. The molecule has 0 aliphatic carbocycles. The summed E-state index contributed by atoms with van der Waals surface area (Å²) in [7, 11) is 1.44. The highest BCUT2D eigenvalue weighted by atomic mass is 32.2. The fourth-order valence-electron chi connectivity index (χ4n) is 3.10. The molecule has 12 heteroatoms. The number of hydrogen-bond acceptors (Lipinski definition) is 8. The first-order chi connectivity index (χ1) is 14.8. The normalized spacial score (nSPS) is 29.0. The van der Waals surface area contributed by atoms with E-state index in [9.17, 15) is 23.1 Å². The fourth-order valence-corrected chi connectivity index (χ4v) is 4.26. The average molecular weight is 483 g/mol. The van der Waals surface area contributed by atoms with Gasteiger partial charge in [0.15, 0.2) is 11.3 Å². The topological polar surface area (TPSA) is 89.8 Å². The zero-order valence-electron chi connectivity index (χ0n) is 18.4. The molecule has 2 rings (SSSR count). The van der Waals surface area contributed by atoms with Crippen molar-refractivity contribution in [3.05, 3.63) is 25.3 Å². The first-order valence-electron chi connectivity index (χ1n) is 9.86. The van der Waals surface area contributed by atoms with E-state index in [4.69, 9.17) is 18.9 Å². The number of hydrogen-bond donors (Lipinski definition) is 1. The Morgan fingerprint density at radius 3 is 2.31 bits per heavy atom. The third-order valence-corrected chi connectivity index (χ3v) is 5.66. The average Bonchev–Trinajstić information content (AvgIpc) is 3.10. The molecule has 1 saturated heterocycles. The van der Waals surface area contributed by atoms with Gasteiger partial charge in [-0.2, -0.15) is 13.2 Å². The highest BCUT2D eigenvalue weighted by Gasteiger charge is 2.58. The van der Waals surface area contributed by atoms with E-state index >= 15 is 0 Å². The van der Waals surface area contributed by atoms with E-state index in [1.807, 2.05) is 0 Å². The second kappa shape index (κ2) is 10.6. The molecule has 0 aromatic carbocycles. The zero-order valence-corrected chi connectivity index (χ0v) is 19.2. The summed E-state index contributed by atoms with van der Waals surface area (Å²) in [4.78, 5) is 18.0. The van der Waals surface area contributed by atoms with Gasteiger partial charge in [-0.15, -0.1) is 13.2 Å². The maximum Gasteiger partial charge on any atom is 0.417 e. The number of amides is 1. The lowest BCUT2D eigenvalue weighted by Crippen LogP contribution is -2.62. The number of rotatable bonds is 7. The number of alkyl halides is 3. The minimum Gasteiger partial charge on any atom is -0.443 e. The molecule has 0 bridgehead atoms. The van der Waals surface area contributed by atoms with Gasteiger partial charge in [0, 0.05) is 7.05 Å². The van der Waals surface area contributed by atoms with Crippen LogP contribution in [0.1, 0.15) is 20.8 Å². The van der Waals surface area contributed by atoms with E-state index in [-0.39, 0.29) is 18.4 Å². The van der Waals surface area contributed by atoms with Crippen LogP contribution >= 0.6 is 11.8 Å². The van der Waals surface area contributed by atoms with Gasteiger partial charge in [-0.05, 0) is 20.8 Å². The lowest BCUT2D eigenvalue weighted by Gasteiger charge is -2.44. The van der Waals surface area contributed by atoms with E-state index in [1.165, 1.54) is 19.2 Å². The van der Waals surface area contributed by atoms with Crippen molar-refractivity contribution in [3.8, 4) is 0 Å². The molecule has 8 nitrogen and oxygen atoms in total. The van der Waals surface area contributed by atoms with Gasteiger partial charge < -0.3 is 24.1 Å². The Kier molecular flexibility index (Phi) is 8.79. The quantitative estimate of drug-likeness (QED) is 0.558. The van der Waals surface area contributed by atoms with E-state index < -0.39 is 53.8 Å². The van der Waals surface area contributed by atoms with Crippen LogP contribution in [0.5, 0.6) is 0 Å². The number of amidine groups is 1. The highest BCUT2D eigenvalue weighted by molar-refractivity contribution is 8.14. The van der Waals surface area contributed by atoms with Gasteiger partial charge in [0.25, 0.3) is 0 Å². The minimum atomic E-state index is -4.95. The van der Waals surface area contributed by atoms with Crippen LogP contribution in [0, 0.1) is 0 Å². The molecule has 0 unspecified atom stereocenters. The van der Waals surface area contributed by atoms with E-state index in [2.05, 4.69) is 18.2 Å². The number of fused-ring (bicyclic) bond motifs is 1. The van der Waals surface area contributed by atoms with Gasteiger partial charge in [0.05, 0.1) is 13.2 Å². The first kappa shape index (κ1) is 26.7. The standard InChI is InChI=1S/C20H29F3N2O6S/c1-7-9-28-12-11-16(32-17(24-11)25(6)18(27)31-19(3,4)5)30-14(13(12)29-10-8-2)15(26)20(21,22)23/h7-8,11-16,26H,1-2,9-10H2,3-6H3/t11-,12-,13+,14+,15-,16-/m1/s1. The second-order valence-corrected chi connectivity index (χ2v) is 9.25. The van der Waals surface area contributed by atoms with Gasteiger partial charge in [-0.25, -0.2) is 4.79 Å². The zero-order chi connectivity index (χ0) is 24.3. The number of ether oxygens (including phenoxy) is 4. The lowest BCUT2D eigenvalue weighted by atomic mass is 9.94. The smallest absolute Gasteiger partial charge is 0.417 e. The van der Waals surface area contributed by atoms with Crippen molar-refractivity contribution < 1.29 is 42.0 Å². The minimum absolute atomic E-state index is 0.00803. The Balaban J connectivity index is 2.35. The molecule has 1 amide bonds. The molecule has 2 aliphatic heterocycles. The van der Waals surface area contributed by atoms with Crippen LogP contribution < -0.4 is 0 Å². The van der Waals surface area contributed by atoms with Gasteiger partial charge >= 0.3 is 12.3 Å². The molecule has 1 N–H and O–H groups in total. The number of carbonyl (C=O) groups excluding carboxylic acids is 1. The predicted molar refractivity (Wildman–Crippen MR) is 113 cm³/mol. The van der Waals surface area contributed by atoms with Crippen LogP contribution in [0.4, 0.5) is 18.0 Å². The maximum absolute atomic E-state index is 13.4. The van der Waals surface area contributed by atoms with Crippen molar-refractivity contribution in [1.29, 1.82) is 0 Å². The molecular weight excluding hydrogens is 453 g/mol. The third kappa shape index (κ3) is 6.47. The van der Waals surface area contributed by atoms with Gasteiger partial charge in [-0.3, -0.25) is 9.89 Å². The lowest BCUT2D eigenvalue weighted by molar-refractivity contribution is -0.279. The Morgan fingerprint density at radius 2 is 1.81 bits per heavy atom. The summed E-state index contributed by atoms with van der Waals surface area (Å²) in [5, 5.41) is 10.2. The van der Waals surface area contributed by atoms with E-state index in [0.717, 1.165) is 16.7 Å². The Bertz CT molecular complexity index is 727.